The number of aromatic nitrogens is 3. The zero-order chi connectivity index (χ0) is 45.7. The van der Waals surface area contributed by atoms with Crippen molar-refractivity contribution in [3.63, 3.8) is 0 Å². The molecule has 322 valence electrons. The summed E-state index contributed by atoms with van der Waals surface area (Å²) < 4.78 is 6.89. The Morgan fingerprint density at radius 2 is 0.754 bits per heavy atom. The van der Waals surface area contributed by atoms with Crippen LogP contribution in [0.25, 0.3) is 133 Å². The van der Waals surface area contributed by atoms with E-state index in [1.807, 2.05) is 12.1 Å². The number of fused-ring (bicyclic) bond motifs is 5. The molecular formula is C65H41N3O. The molecule has 0 bridgehead atoms. The van der Waals surface area contributed by atoms with Crippen molar-refractivity contribution in [2.75, 3.05) is 0 Å². The zero-order valence-electron chi connectivity index (χ0n) is 37.4. The first-order valence-electron chi connectivity index (χ1n) is 23.3. The van der Waals surface area contributed by atoms with Crippen LogP contribution in [0.2, 0.25) is 0 Å². The van der Waals surface area contributed by atoms with Crippen LogP contribution in [-0.4, -0.2) is 15.0 Å². The molecule has 4 nitrogen and oxygen atoms in total. The Labute approximate surface area is 399 Å². The molecular weight excluding hydrogens is 839 g/mol. The van der Waals surface area contributed by atoms with E-state index in [9.17, 15) is 0 Å². The van der Waals surface area contributed by atoms with Gasteiger partial charge in [-0.25, -0.2) is 15.0 Å². The summed E-state index contributed by atoms with van der Waals surface area (Å²) in [6.07, 6.45) is 0. The number of hydrogen-bond donors (Lipinski definition) is 0. The fourth-order valence-corrected chi connectivity index (χ4v) is 10.00. The smallest absolute Gasteiger partial charge is 0.164 e. The van der Waals surface area contributed by atoms with Crippen molar-refractivity contribution in [2.24, 2.45) is 0 Å². The average Bonchev–Trinajstić information content (AvgIpc) is 3.83. The van der Waals surface area contributed by atoms with E-state index in [0.29, 0.717) is 17.5 Å². The molecule has 2 aromatic heterocycles. The summed E-state index contributed by atoms with van der Waals surface area (Å²) in [5.74, 6) is 1.73. The summed E-state index contributed by atoms with van der Waals surface area (Å²) in [6, 6.07) is 87.6. The van der Waals surface area contributed by atoms with Crippen molar-refractivity contribution in [2.45, 2.75) is 0 Å². The van der Waals surface area contributed by atoms with E-state index in [4.69, 9.17) is 19.4 Å². The van der Waals surface area contributed by atoms with E-state index in [-0.39, 0.29) is 0 Å². The summed E-state index contributed by atoms with van der Waals surface area (Å²) in [6.45, 7) is 0. The van der Waals surface area contributed by atoms with Crippen LogP contribution in [0, 0.1) is 0 Å². The lowest BCUT2D eigenvalue weighted by Crippen LogP contribution is -2.02. The second kappa shape index (κ2) is 16.9. The summed E-state index contributed by atoms with van der Waals surface area (Å²) >= 11 is 0. The van der Waals surface area contributed by atoms with Gasteiger partial charge in [0.25, 0.3) is 0 Å². The number of furan rings is 1. The molecule has 0 aliphatic rings. The first-order chi connectivity index (χ1) is 34.2. The topological polar surface area (TPSA) is 51.8 Å². The fraction of sp³-hybridized carbons (Fsp3) is 0. The van der Waals surface area contributed by atoms with Crippen molar-refractivity contribution >= 4 is 43.5 Å². The lowest BCUT2D eigenvalue weighted by Gasteiger charge is -2.15. The molecule has 13 aromatic rings. The molecule has 0 saturated heterocycles. The maximum absolute atomic E-state index is 6.89. The highest BCUT2D eigenvalue weighted by Gasteiger charge is 2.23. The Bertz CT molecular complexity index is 4070. The fourth-order valence-electron chi connectivity index (χ4n) is 10.00. The van der Waals surface area contributed by atoms with E-state index in [0.717, 1.165) is 83.1 Å². The minimum atomic E-state index is 0.562. The van der Waals surface area contributed by atoms with E-state index < -0.39 is 0 Å². The third kappa shape index (κ3) is 7.23. The van der Waals surface area contributed by atoms with Gasteiger partial charge in [-0.1, -0.05) is 218 Å². The molecule has 0 N–H and O–H groups in total. The number of para-hydroxylation sites is 1. The molecule has 0 spiro atoms. The van der Waals surface area contributed by atoms with Gasteiger partial charge in [0.2, 0.25) is 0 Å². The van der Waals surface area contributed by atoms with Crippen LogP contribution in [0.1, 0.15) is 0 Å². The van der Waals surface area contributed by atoms with Crippen molar-refractivity contribution in [1.29, 1.82) is 0 Å². The number of nitrogens with zero attached hydrogens (tertiary/aromatic N) is 3. The molecule has 69 heavy (non-hydrogen) atoms. The van der Waals surface area contributed by atoms with Crippen LogP contribution in [0.15, 0.2) is 253 Å². The van der Waals surface area contributed by atoms with E-state index in [1.165, 1.54) is 32.7 Å². The lowest BCUT2D eigenvalue weighted by atomic mass is 9.92. The second-order valence-corrected chi connectivity index (χ2v) is 17.5. The van der Waals surface area contributed by atoms with E-state index in [1.54, 1.807) is 0 Å². The van der Waals surface area contributed by atoms with Crippen molar-refractivity contribution in [3.8, 4) is 89.8 Å². The molecule has 2 heterocycles. The summed E-state index contributed by atoms with van der Waals surface area (Å²) in [7, 11) is 0. The Morgan fingerprint density at radius 3 is 1.55 bits per heavy atom. The van der Waals surface area contributed by atoms with E-state index in [2.05, 4.69) is 237 Å². The normalized spacial score (nSPS) is 11.5. The predicted molar refractivity (Wildman–Crippen MR) is 286 cm³/mol. The van der Waals surface area contributed by atoms with Crippen molar-refractivity contribution in [3.05, 3.63) is 249 Å². The zero-order valence-corrected chi connectivity index (χ0v) is 37.4. The standard InChI is InChI=1S/C65H41N3O/c1-2-17-45(18-3-1)52-25-8-9-26-54(52)56-38-39-59(61-58-29-12-13-31-60(58)69-62(56)61)65-67-63(66-64(68-65)57-28-11-10-27-55(57)53-30-15-21-46-19-6-7-24-51(46)53)50-23-14-22-48(41-50)43-32-34-44(35-33-43)49-37-36-42-16-4-5-20-47(42)40-49/h1-41H. The van der Waals surface area contributed by atoms with Gasteiger partial charge in [0.05, 0.1) is 0 Å². The van der Waals surface area contributed by atoms with Crippen LogP contribution in [0.3, 0.4) is 0 Å². The summed E-state index contributed by atoms with van der Waals surface area (Å²) in [5.41, 5.74) is 15.3. The first-order valence-corrected chi connectivity index (χ1v) is 23.3. The second-order valence-electron chi connectivity index (χ2n) is 17.5. The summed E-state index contributed by atoms with van der Waals surface area (Å²) in [5, 5.41) is 6.76. The lowest BCUT2D eigenvalue weighted by molar-refractivity contribution is 0.670. The van der Waals surface area contributed by atoms with Crippen molar-refractivity contribution in [1.82, 2.24) is 15.0 Å². The highest BCUT2D eigenvalue weighted by Crippen LogP contribution is 2.45. The van der Waals surface area contributed by atoms with Crippen LogP contribution >= 0.6 is 0 Å². The van der Waals surface area contributed by atoms with Crippen LogP contribution in [0.5, 0.6) is 0 Å². The van der Waals surface area contributed by atoms with Gasteiger partial charge in [-0.2, -0.15) is 0 Å². The molecule has 0 atom stereocenters. The minimum absolute atomic E-state index is 0.562. The molecule has 11 aromatic carbocycles. The van der Waals surface area contributed by atoms with Gasteiger partial charge in [-0.15, -0.1) is 0 Å². The molecule has 0 radical (unpaired) electrons. The maximum atomic E-state index is 6.89. The van der Waals surface area contributed by atoms with Gasteiger partial charge < -0.3 is 4.42 Å². The Hall–Kier alpha value is -9.25. The van der Waals surface area contributed by atoms with Gasteiger partial charge >= 0.3 is 0 Å². The molecule has 0 aliphatic heterocycles. The number of rotatable bonds is 8. The molecule has 4 heteroatoms. The summed E-state index contributed by atoms with van der Waals surface area (Å²) in [4.78, 5) is 16.2. The molecule has 0 unspecified atom stereocenters. The van der Waals surface area contributed by atoms with Crippen LogP contribution in [0.4, 0.5) is 0 Å². The Kier molecular flexibility index (Phi) is 9.80. The van der Waals surface area contributed by atoms with Gasteiger partial charge in [-0.3, -0.25) is 0 Å². The third-order valence-corrected chi connectivity index (χ3v) is 13.4. The number of hydrogen-bond acceptors (Lipinski definition) is 4. The van der Waals surface area contributed by atoms with Gasteiger partial charge in [0, 0.05) is 33.0 Å². The highest BCUT2D eigenvalue weighted by molar-refractivity contribution is 6.16. The number of benzene rings is 11. The third-order valence-electron chi connectivity index (χ3n) is 13.4. The Balaban J connectivity index is 0.997. The molecule has 0 saturated carbocycles. The monoisotopic (exact) mass is 879 g/mol. The maximum Gasteiger partial charge on any atom is 0.164 e. The molecule has 0 fully saturated rings. The van der Waals surface area contributed by atoms with Gasteiger partial charge in [0.1, 0.15) is 11.2 Å². The average molecular weight is 880 g/mol. The van der Waals surface area contributed by atoms with Gasteiger partial charge in [-0.05, 0) is 102 Å². The Morgan fingerprint density at radius 1 is 0.246 bits per heavy atom. The quantitative estimate of drug-likeness (QED) is 0.153. The van der Waals surface area contributed by atoms with Crippen LogP contribution < -0.4 is 0 Å². The van der Waals surface area contributed by atoms with Gasteiger partial charge in [0.15, 0.2) is 17.5 Å². The first kappa shape index (κ1) is 40.1. The van der Waals surface area contributed by atoms with E-state index >= 15 is 0 Å². The molecule has 0 amide bonds. The minimum Gasteiger partial charge on any atom is -0.455 e. The predicted octanol–water partition coefficient (Wildman–Crippen LogP) is 17.4. The largest absolute Gasteiger partial charge is 0.455 e. The SMILES string of the molecule is c1ccc(-c2ccccc2-c2ccc(-c3nc(-c4cccc(-c5ccc(-c6ccc7ccccc7c6)cc5)c4)nc(-c4ccccc4-c4cccc5ccccc45)n3)c3c2oc2ccccc23)cc1. The van der Waals surface area contributed by atoms with Crippen molar-refractivity contribution < 1.29 is 4.42 Å². The molecule has 13 rings (SSSR count). The molecule has 0 aliphatic carbocycles. The highest BCUT2D eigenvalue weighted by atomic mass is 16.3. The van der Waals surface area contributed by atoms with Crippen LogP contribution in [-0.2, 0) is 0 Å².